The number of nitrogens with zero attached hydrogens (tertiary/aromatic N) is 2. The molecule has 3 nitrogen and oxygen atoms in total. The zero-order valence-electron chi connectivity index (χ0n) is 13.8. The molecule has 0 spiro atoms. The van der Waals surface area contributed by atoms with Crippen LogP contribution in [0.1, 0.15) is 5.56 Å². The summed E-state index contributed by atoms with van der Waals surface area (Å²) in [5, 5.41) is 0. The fourth-order valence-corrected chi connectivity index (χ4v) is 2.63. The van der Waals surface area contributed by atoms with E-state index >= 15 is 0 Å². The molecule has 2 aromatic heterocycles. The lowest BCUT2D eigenvalue weighted by molar-refractivity contribution is 0.457. The zero-order valence-corrected chi connectivity index (χ0v) is 13.8. The van der Waals surface area contributed by atoms with Gasteiger partial charge in [-0.25, -0.2) is 4.39 Å². The second-order valence-electron chi connectivity index (χ2n) is 5.90. The predicted octanol–water partition coefficient (Wildman–Crippen LogP) is 4.46. The van der Waals surface area contributed by atoms with Crippen LogP contribution in [0.15, 0.2) is 61.1 Å². The first-order chi connectivity index (χ1) is 11.6. The summed E-state index contributed by atoms with van der Waals surface area (Å²) in [5.74, 6) is -0.234. The molecule has 0 fully saturated rings. The number of pyridine rings is 1. The van der Waals surface area contributed by atoms with Crippen molar-refractivity contribution in [2.45, 2.75) is 0 Å². The lowest BCUT2D eigenvalue weighted by Crippen LogP contribution is -2.10. The van der Waals surface area contributed by atoms with Gasteiger partial charge in [0.05, 0.1) is 5.69 Å². The highest BCUT2D eigenvalue weighted by molar-refractivity contribution is 5.88. The number of likely N-dealkylation sites (N-methyl/N-ethyl adjacent to an activating group) is 1. The molecule has 1 aromatic carbocycles. The summed E-state index contributed by atoms with van der Waals surface area (Å²) in [6, 6.07) is 10.5. The van der Waals surface area contributed by atoms with E-state index in [1.165, 1.54) is 12.1 Å². The monoisotopic (exact) mass is 321 g/mol. The molecule has 1 N–H and O–H groups in total. The maximum absolute atomic E-state index is 13.2. The number of hydrogen-bond acceptors (Lipinski definition) is 2. The van der Waals surface area contributed by atoms with Gasteiger partial charge >= 0.3 is 0 Å². The number of hydrogen-bond donors (Lipinski definition) is 1. The molecular weight excluding hydrogens is 301 g/mol. The Labute approximate surface area is 141 Å². The molecule has 3 rings (SSSR count). The molecule has 122 valence electrons. The minimum Gasteiger partial charge on any atom is -0.360 e. The smallest absolute Gasteiger partial charge is 0.123 e. The van der Waals surface area contributed by atoms with Crippen LogP contribution in [0.2, 0.25) is 0 Å². The van der Waals surface area contributed by atoms with E-state index in [0.717, 1.165) is 34.5 Å². The highest BCUT2D eigenvalue weighted by atomic mass is 19.1. The van der Waals surface area contributed by atoms with Crippen LogP contribution in [0.5, 0.6) is 0 Å². The van der Waals surface area contributed by atoms with Gasteiger partial charge in [0.1, 0.15) is 5.82 Å². The van der Waals surface area contributed by atoms with Crippen molar-refractivity contribution in [3.63, 3.8) is 0 Å². The summed E-state index contributed by atoms with van der Waals surface area (Å²) in [6.07, 6.45) is 9.79. The quantitative estimate of drug-likeness (QED) is 0.752. The normalized spacial score (nSPS) is 11.5. The first-order valence-electron chi connectivity index (χ1n) is 7.84. The molecule has 0 amide bonds. The largest absolute Gasteiger partial charge is 0.360 e. The van der Waals surface area contributed by atoms with E-state index in [9.17, 15) is 4.39 Å². The van der Waals surface area contributed by atoms with Gasteiger partial charge in [0, 0.05) is 36.3 Å². The standard InChI is InChI=1S/C20H20FN3/c1-24(2)13-3-4-17-14-23-20(16-5-7-18(21)8-6-16)19(17)15-9-11-22-12-10-15/h3-12,14,23H,13H2,1-2H3. The summed E-state index contributed by atoms with van der Waals surface area (Å²) in [5.41, 5.74) is 5.21. The average molecular weight is 321 g/mol. The first kappa shape index (κ1) is 16.1. The lowest BCUT2D eigenvalue weighted by Gasteiger charge is -2.07. The Hall–Kier alpha value is -2.72. The number of nitrogens with one attached hydrogen (secondary N) is 1. The fourth-order valence-electron chi connectivity index (χ4n) is 2.63. The molecule has 2 heterocycles. The average Bonchev–Trinajstić information content (AvgIpc) is 3.00. The topological polar surface area (TPSA) is 31.9 Å². The van der Waals surface area contributed by atoms with Gasteiger partial charge in [-0.05, 0) is 61.6 Å². The molecule has 0 radical (unpaired) electrons. The molecule has 3 aromatic rings. The maximum Gasteiger partial charge on any atom is 0.123 e. The Morgan fingerprint density at radius 2 is 1.75 bits per heavy atom. The molecule has 0 aliphatic heterocycles. The van der Waals surface area contributed by atoms with Gasteiger partial charge in [0.25, 0.3) is 0 Å². The van der Waals surface area contributed by atoms with E-state index in [1.807, 2.05) is 32.4 Å². The van der Waals surface area contributed by atoms with Gasteiger partial charge < -0.3 is 9.88 Å². The summed E-state index contributed by atoms with van der Waals surface area (Å²) in [4.78, 5) is 9.55. The Morgan fingerprint density at radius 3 is 2.42 bits per heavy atom. The molecule has 0 unspecified atom stereocenters. The van der Waals surface area contributed by atoms with Gasteiger partial charge in [-0.3, -0.25) is 4.98 Å². The van der Waals surface area contributed by atoms with Crippen molar-refractivity contribution in [2.75, 3.05) is 20.6 Å². The van der Waals surface area contributed by atoms with E-state index in [-0.39, 0.29) is 5.82 Å². The second kappa shape index (κ2) is 7.23. The third kappa shape index (κ3) is 3.60. The third-order valence-corrected chi connectivity index (χ3v) is 3.78. The van der Waals surface area contributed by atoms with Crippen molar-refractivity contribution in [3.05, 3.63) is 72.4 Å². The SMILES string of the molecule is CN(C)CC=Cc1c[nH]c(-c2ccc(F)cc2)c1-c1ccncc1. The van der Waals surface area contributed by atoms with Crippen molar-refractivity contribution in [3.8, 4) is 22.4 Å². The molecule has 24 heavy (non-hydrogen) atoms. The number of aromatic amines is 1. The lowest BCUT2D eigenvalue weighted by atomic mass is 9.98. The summed E-state index contributed by atoms with van der Waals surface area (Å²) in [7, 11) is 4.07. The van der Waals surface area contributed by atoms with E-state index in [4.69, 9.17) is 0 Å². The molecule has 0 aliphatic carbocycles. The van der Waals surface area contributed by atoms with Gasteiger partial charge in [-0.15, -0.1) is 0 Å². The van der Waals surface area contributed by atoms with E-state index in [1.54, 1.807) is 24.5 Å². The number of aromatic nitrogens is 2. The second-order valence-corrected chi connectivity index (χ2v) is 5.90. The minimum atomic E-state index is -0.234. The summed E-state index contributed by atoms with van der Waals surface area (Å²) >= 11 is 0. The molecule has 4 heteroatoms. The molecule has 0 saturated carbocycles. The minimum absolute atomic E-state index is 0.234. The van der Waals surface area contributed by atoms with Crippen LogP contribution in [0.3, 0.4) is 0 Å². The van der Waals surface area contributed by atoms with E-state index in [0.29, 0.717) is 0 Å². The Kier molecular flexibility index (Phi) is 4.87. The highest BCUT2D eigenvalue weighted by Crippen LogP contribution is 2.35. The Morgan fingerprint density at radius 1 is 1.04 bits per heavy atom. The zero-order chi connectivity index (χ0) is 16.9. The maximum atomic E-state index is 13.2. The predicted molar refractivity (Wildman–Crippen MR) is 97.0 cm³/mol. The van der Waals surface area contributed by atoms with Gasteiger partial charge in [-0.1, -0.05) is 12.2 Å². The van der Waals surface area contributed by atoms with E-state index < -0.39 is 0 Å². The van der Waals surface area contributed by atoms with Crippen LogP contribution in [-0.4, -0.2) is 35.5 Å². The molecule has 0 aliphatic rings. The first-order valence-corrected chi connectivity index (χ1v) is 7.84. The molecule has 0 atom stereocenters. The van der Waals surface area contributed by atoms with Crippen LogP contribution in [0.4, 0.5) is 4.39 Å². The number of H-pyrrole nitrogens is 1. The Bertz CT molecular complexity index is 818. The van der Waals surface area contributed by atoms with Gasteiger partial charge in [0.15, 0.2) is 0 Å². The van der Waals surface area contributed by atoms with Crippen LogP contribution in [0.25, 0.3) is 28.5 Å². The number of benzene rings is 1. The van der Waals surface area contributed by atoms with Gasteiger partial charge in [-0.2, -0.15) is 0 Å². The van der Waals surface area contributed by atoms with Crippen molar-refractivity contribution < 1.29 is 4.39 Å². The number of rotatable bonds is 5. The molecule has 0 bridgehead atoms. The van der Waals surface area contributed by atoms with Crippen LogP contribution >= 0.6 is 0 Å². The third-order valence-electron chi connectivity index (χ3n) is 3.78. The highest BCUT2D eigenvalue weighted by Gasteiger charge is 2.13. The van der Waals surface area contributed by atoms with Crippen molar-refractivity contribution >= 4 is 6.08 Å². The van der Waals surface area contributed by atoms with E-state index in [2.05, 4.69) is 27.0 Å². The summed E-state index contributed by atoms with van der Waals surface area (Å²) < 4.78 is 13.2. The van der Waals surface area contributed by atoms with Crippen LogP contribution in [0, 0.1) is 5.82 Å². The fraction of sp³-hybridized carbons (Fsp3) is 0.150. The van der Waals surface area contributed by atoms with Crippen LogP contribution in [-0.2, 0) is 0 Å². The molecule has 0 saturated heterocycles. The summed E-state index contributed by atoms with van der Waals surface area (Å²) in [6.45, 7) is 0.868. The Balaban J connectivity index is 2.08. The van der Waals surface area contributed by atoms with Crippen molar-refractivity contribution in [1.82, 2.24) is 14.9 Å². The number of halogens is 1. The van der Waals surface area contributed by atoms with Gasteiger partial charge in [0.2, 0.25) is 0 Å². The van der Waals surface area contributed by atoms with Crippen molar-refractivity contribution in [1.29, 1.82) is 0 Å². The van der Waals surface area contributed by atoms with Crippen molar-refractivity contribution in [2.24, 2.45) is 0 Å². The molecular formula is C20H20FN3. The van der Waals surface area contributed by atoms with Crippen LogP contribution < -0.4 is 0 Å².